The highest BCUT2D eigenvalue weighted by atomic mass is 19.1. The van der Waals surface area contributed by atoms with Gasteiger partial charge in [0.2, 0.25) is 0 Å². The van der Waals surface area contributed by atoms with Crippen LogP contribution < -0.4 is 0 Å². The molecule has 1 fully saturated rings. The van der Waals surface area contributed by atoms with Crippen molar-refractivity contribution in [2.24, 2.45) is 0 Å². The van der Waals surface area contributed by atoms with Crippen molar-refractivity contribution in [3.05, 3.63) is 76.7 Å². The van der Waals surface area contributed by atoms with Gasteiger partial charge in [-0.3, -0.25) is 4.79 Å². The molecule has 0 radical (unpaired) electrons. The molecule has 2 aromatic carbocycles. The number of aromatic nitrogens is 1. The number of halogens is 1. The Morgan fingerprint density at radius 1 is 1.03 bits per heavy atom. The van der Waals surface area contributed by atoms with Gasteiger partial charge in [0.15, 0.2) is 6.61 Å². The number of piperidine rings is 1. The maximum atomic E-state index is 13.5. The van der Waals surface area contributed by atoms with Crippen molar-refractivity contribution in [3.8, 4) is 0 Å². The molecule has 6 heteroatoms. The fraction of sp³-hybridized carbons (Fsp3) is 0.367. The van der Waals surface area contributed by atoms with Crippen LogP contribution in [0.25, 0.3) is 22.6 Å². The van der Waals surface area contributed by atoms with Crippen molar-refractivity contribution in [3.63, 3.8) is 0 Å². The zero-order chi connectivity index (χ0) is 25.2. The molecule has 1 amide bonds. The molecule has 0 N–H and O–H groups in total. The second kappa shape index (κ2) is 10.2. The average molecular weight is 487 g/mol. The molecule has 2 unspecified atom stereocenters. The number of esters is 1. The van der Waals surface area contributed by atoms with Crippen molar-refractivity contribution < 1.29 is 18.7 Å². The standard InChI is InChI=1S/C30H31FN2O3/c1-19-7-5-8-20(2)33(19)27(34)18-36-30(35)28-24-10-3-4-12-26(24)32-29-22(9-6-11-25(28)29)17-21-13-15-23(31)16-14-21/h3-4,10,12-17,19-20H,5-9,11,18H2,1-2H3/b22-17+. The van der Waals surface area contributed by atoms with E-state index in [1.165, 1.54) is 12.1 Å². The fourth-order valence-corrected chi connectivity index (χ4v) is 5.66. The molecule has 186 valence electrons. The van der Waals surface area contributed by atoms with Crippen molar-refractivity contribution >= 4 is 34.4 Å². The number of nitrogens with zero attached hydrogens (tertiary/aromatic N) is 2. The van der Waals surface area contributed by atoms with Gasteiger partial charge in [0.05, 0.1) is 16.8 Å². The highest BCUT2D eigenvalue weighted by Crippen LogP contribution is 2.36. The summed E-state index contributed by atoms with van der Waals surface area (Å²) in [6.45, 7) is 3.84. The number of pyridine rings is 1. The first-order valence-electron chi connectivity index (χ1n) is 12.8. The van der Waals surface area contributed by atoms with Gasteiger partial charge in [-0.15, -0.1) is 0 Å². The van der Waals surface area contributed by atoms with Crippen molar-refractivity contribution in [1.82, 2.24) is 9.88 Å². The van der Waals surface area contributed by atoms with Crippen LogP contribution in [-0.4, -0.2) is 40.5 Å². The molecule has 5 nitrogen and oxygen atoms in total. The molecule has 1 aromatic heterocycles. The summed E-state index contributed by atoms with van der Waals surface area (Å²) in [7, 11) is 0. The van der Waals surface area contributed by atoms with E-state index in [1.54, 1.807) is 12.1 Å². The van der Waals surface area contributed by atoms with Crippen LogP contribution in [0.15, 0.2) is 48.5 Å². The van der Waals surface area contributed by atoms with Crippen LogP contribution in [0, 0.1) is 5.82 Å². The van der Waals surface area contributed by atoms with Crippen LogP contribution in [0.3, 0.4) is 0 Å². The molecular formula is C30H31FN2O3. The van der Waals surface area contributed by atoms with Crippen molar-refractivity contribution in [1.29, 1.82) is 0 Å². The van der Waals surface area contributed by atoms with Crippen molar-refractivity contribution in [2.45, 2.75) is 64.5 Å². The van der Waals surface area contributed by atoms with Crippen LogP contribution in [0.4, 0.5) is 4.39 Å². The van der Waals surface area contributed by atoms with Crippen LogP contribution in [-0.2, 0) is 16.0 Å². The zero-order valence-corrected chi connectivity index (χ0v) is 20.8. The van der Waals surface area contributed by atoms with Crippen molar-refractivity contribution in [2.75, 3.05) is 6.61 Å². The van der Waals surface area contributed by atoms with Crippen LogP contribution >= 0.6 is 0 Å². The Hall–Kier alpha value is -3.54. The smallest absolute Gasteiger partial charge is 0.339 e. The minimum Gasteiger partial charge on any atom is -0.452 e. The highest BCUT2D eigenvalue weighted by molar-refractivity contribution is 6.07. The molecule has 0 saturated carbocycles. The number of likely N-dealkylation sites (tertiary alicyclic amines) is 1. The second-order valence-corrected chi connectivity index (χ2v) is 9.91. The maximum absolute atomic E-state index is 13.5. The van der Waals surface area contributed by atoms with Gasteiger partial charge in [0.25, 0.3) is 5.91 Å². The van der Waals surface area contributed by atoms with Gasteiger partial charge in [0.1, 0.15) is 5.82 Å². The predicted octanol–water partition coefficient (Wildman–Crippen LogP) is 6.20. The maximum Gasteiger partial charge on any atom is 0.339 e. The van der Waals surface area contributed by atoms with E-state index in [9.17, 15) is 14.0 Å². The van der Waals surface area contributed by atoms with Crippen LogP contribution in [0.2, 0.25) is 0 Å². The normalized spacial score (nSPS) is 20.9. The zero-order valence-electron chi connectivity index (χ0n) is 20.8. The third-order valence-corrected chi connectivity index (χ3v) is 7.39. The first-order valence-corrected chi connectivity index (χ1v) is 12.8. The van der Waals surface area contributed by atoms with Crippen LogP contribution in [0.5, 0.6) is 0 Å². The number of ether oxygens (including phenoxy) is 1. The lowest BCUT2D eigenvalue weighted by Crippen LogP contribution is -2.49. The van der Waals surface area contributed by atoms with Crippen LogP contribution in [0.1, 0.15) is 73.1 Å². The van der Waals surface area contributed by atoms with Gasteiger partial charge in [-0.1, -0.05) is 30.3 Å². The predicted molar refractivity (Wildman–Crippen MR) is 139 cm³/mol. The molecule has 2 aliphatic rings. The topological polar surface area (TPSA) is 59.5 Å². The van der Waals surface area contributed by atoms with E-state index in [4.69, 9.17) is 9.72 Å². The van der Waals surface area contributed by atoms with Gasteiger partial charge in [0, 0.05) is 17.5 Å². The summed E-state index contributed by atoms with van der Waals surface area (Å²) in [5, 5.41) is 0.733. The largest absolute Gasteiger partial charge is 0.452 e. The third-order valence-electron chi connectivity index (χ3n) is 7.39. The molecule has 2 heterocycles. The molecular weight excluding hydrogens is 455 g/mol. The minimum absolute atomic E-state index is 0.146. The molecule has 5 rings (SSSR count). The number of para-hydroxylation sites is 1. The fourth-order valence-electron chi connectivity index (χ4n) is 5.66. The second-order valence-electron chi connectivity index (χ2n) is 9.91. The number of rotatable bonds is 4. The Labute approximate surface area is 211 Å². The van der Waals surface area contributed by atoms with Gasteiger partial charge in [-0.2, -0.15) is 0 Å². The number of allylic oxidation sites excluding steroid dienone is 1. The molecule has 2 atom stereocenters. The Bertz CT molecular complexity index is 1320. The Balaban J connectivity index is 1.48. The van der Waals surface area contributed by atoms with Gasteiger partial charge >= 0.3 is 5.97 Å². The Morgan fingerprint density at radius 2 is 1.75 bits per heavy atom. The third kappa shape index (κ3) is 4.77. The quantitative estimate of drug-likeness (QED) is 0.412. The monoisotopic (exact) mass is 486 g/mol. The average Bonchev–Trinajstić information content (AvgIpc) is 2.87. The first-order chi connectivity index (χ1) is 17.4. The number of hydrogen-bond acceptors (Lipinski definition) is 4. The van der Waals surface area contributed by atoms with Gasteiger partial charge in [-0.05, 0) is 93.3 Å². The van der Waals surface area contributed by atoms with E-state index in [0.29, 0.717) is 17.5 Å². The molecule has 1 aliphatic heterocycles. The number of carbonyl (C=O) groups excluding carboxylic acids is 2. The first kappa shape index (κ1) is 24.2. The molecule has 0 bridgehead atoms. The minimum atomic E-state index is -0.487. The summed E-state index contributed by atoms with van der Waals surface area (Å²) in [6.07, 6.45) is 7.43. The van der Waals surface area contributed by atoms with E-state index in [-0.39, 0.29) is 30.4 Å². The summed E-state index contributed by atoms with van der Waals surface area (Å²) >= 11 is 0. The highest BCUT2D eigenvalue weighted by Gasteiger charge is 2.31. The molecule has 0 spiro atoms. The Morgan fingerprint density at radius 3 is 2.50 bits per heavy atom. The number of fused-ring (bicyclic) bond motifs is 2. The van der Waals surface area contributed by atoms with E-state index in [1.807, 2.05) is 35.2 Å². The summed E-state index contributed by atoms with van der Waals surface area (Å²) in [5.74, 6) is -0.913. The molecule has 36 heavy (non-hydrogen) atoms. The summed E-state index contributed by atoms with van der Waals surface area (Å²) < 4.78 is 19.1. The lowest BCUT2D eigenvalue weighted by atomic mass is 9.86. The number of benzene rings is 2. The van der Waals surface area contributed by atoms with E-state index >= 15 is 0 Å². The number of carbonyl (C=O) groups is 2. The van der Waals surface area contributed by atoms with Gasteiger partial charge in [-0.25, -0.2) is 14.2 Å². The van der Waals surface area contributed by atoms with E-state index in [0.717, 1.165) is 59.9 Å². The molecule has 1 aliphatic carbocycles. The van der Waals surface area contributed by atoms with E-state index < -0.39 is 5.97 Å². The number of amides is 1. The SMILES string of the molecule is CC1CCCC(C)N1C(=O)COC(=O)c1c2c(nc3ccccc13)/C(=C/c1ccc(F)cc1)CCC2. The molecule has 3 aromatic rings. The Kier molecular flexibility index (Phi) is 6.86. The lowest BCUT2D eigenvalue weighted by molar-refractivity contribution is -0.140. The summed E-state index contributed by atoms with van der Waals surface area (Å²) in [5.41, 5.74) is 4.72. The summed E-state index contributed by atoms with van der Waals surface area (Å²) in [4.78, 5) is 33.3. The van der Waals surface area contributed by atoms with E-state index in [2.05, 4.69) is 13.8 Å². The molecule has 1 saturated heterocycles. The van der Waals surface area contributed by atoms with Gasteiger partial charge < -0.3 is 9.64 Å². The lowest BCUT2D eigenvalue weighted by Gasteiger charge is -2.38. The number of hydrogen-bond donors (Lipinski definition) is 0. The summed E-state index contributed by atoms with van der Waals surface area (Å²) in [6, 6.07) is 14.2.